The number of nitrogens with zero attached hydrogens (tertiary/aromatic N) is 4. The second kappa shape index (κ2) is 7.49. The lowest BCUT2D eigenvalue weighted by atomic mass is 9.78. The summed E-state index contributed by atoms with van der Waals surface area (Å²) in [6.07, 6.45) is 6.25. The third-order valence-corrected chi connectivity index (χ3v) is 8.62. The van der Waals surface area contributed by atoms with E-state index in [2.05, 4.69) is 42.9 Å². The summed E-state index contributed by atoms with van der Waals surface area (Å²) in [6, 6.07) is -0.0644. The van der Waals surface area contributed by atoms with Gasteiger partial charge in [-0.3, -0.25) is 4.79 Å². The first-order chi connectivity index (χ1) is 15.5. The highest BCUT2D eigenvalue weighted by molar-refractivity contribution is 14.1. The van der Waals surface area contributed by atoms with Gasteiger partial charge in [0.2, 0.25) is 0 Å². The zero-order valence-electron chi connectivity index (χ0n) is 17.9. The number of halogens is 1. The average Bonchev–Trinajstić information content (AvgIpc) is 3.62. The van der Waals surface area contributed by atoms with Crippen molar-refractivity contribution in [2.45, 2.75) is 69.7 Å². The number of nitrogens with one attached hydrogen (secondary N) is 1. The van der Waals surface area contributed by atoms with Gasteiger partial charge in [-0.05, 0) is 50.9 Å². The number of imidazole rings is 1. The minimum Gasteiger partial charge on any atom is -0.465 e. The van der Waals surface area contributed by atoms with Gasteiger partial charge in [0.15, 0.2) is 20.8 Å². The molecule has 6 rings (SSSR count). The third-order valence-electron chi connectivity index (χ3n) is 8.13. The quantitative estimate of drug-likeness (QED) is 0.271. The van der Waals surface area contributed by atoms with Gasteiger partial charge in [0, 0.05) is 34.6 Å². The summed E-state index contributed by atoms with van der Waals surface area (Å²) >= 11 is 2.11. The summed E-state index contributed by atoms with van der Waals surface area (Å²) in [5.41, 5.74) is 0.267. The fourth-order valence-electron chi connectivity index (χ4n) is 6.02. The van der Waals surface area contributed by atoms with Crippen LogP contribution >= 0.6 is 22.6 Å². The molecule has 172 valence electrons. The number of aliphatic hydroxyl groups is 2. The second-order valence-electron chi connectivity index (χ2n) is 9.86. The third kappa shape index (κ3) is 3.01. The van der Waals surface area contributed by atoms with Crippen LogP contribution in [0.4, 0.5) is 5.82 Å². The molecule has 4 aliphatic rings. The number of rotatable bonds is 7. The van der Waals surface area contributed by atoms with E-state index in [-0.39, 0.29) is 12.5 Å². The molecule has 0 amide bonds. The molecule has 0 radical (unpaired) electrons. The van der Waals surface area contributed by atoms with Crippen LogP contribution < -0.4 is 5.32 Å². The lowest BCUT2D eigenvalue weighted by Gasteiger charge is -2.35. The lowest BCUT2D eigenvalue weighted by Crippen LogP contribution is -2.38. The summed E-state index contributed by atoms with van der Waals surface area (Å²) in [6.45, 7) is 1.99. The van der Waals surface area contributed by atoms with Crippen LogP contribution in [0.1, 0.15) is 51.5 Å². The van der Waals surface area contributed by atoms with Crippen LogP contribution in [-0.4, -0.2) is 60.6 Å². The normalized spacial score (nSPS) is 34.8. The number of anilines is 1. The summed E-state index contributed by atoms with van der Waals surface area (Å²) in [5.74, 6) is 1.50. The summed E-state index contributed by atoms with van der Waals surface area (Å²) in [5, 5.41) is 25.3. The van der Waals surface area contributed by atoms with Crippen LogP contribution in [-0.2, 0) is 9.53 Å². The molecule has 4 aliphatic carbocycles. The Balaban J connectivity index is 1.35. The highest BCUT2D eigenvalue weighted by Crippen LogP contribution is 2.68. The Kier molecular flexibility index (Phi) is 4.92. The van der Waals surface area contributed by atoms with Gasteiger partial charge >= 0.3 is 5.97 Å². The SMILES string of the molecule is CCOC(=O)[C@@]12C[C@@H]1[C@@H](n1cnc3c(N[C@H](C4CCC4)C4CC4)nc(I)nc31)[C@H](O)[C@@H]2O. The molecular weight excluding hydrogens is 525 g/mol. The number of fused-ring (bicyclic) bond motifs is 2. The van der Waals surface area contributed by atoms with Gasteiger partial charge in [0.05, 0.1) is 25.1 Å². The molecule has 4 saturated carbocycles. The minimum absolute atomic E-state index is 0.206. The van der Waals surface area contributed by atoms with Crippen LogP contribution in [0, 0.1) is 27.0 Å². The van der Waals surface area contributed by atoms with Crippen molar-refractivity contribution in [1.82, 2.24) is 19.5 Å². The maximum absolute atomic E-state index is 12.6. The Morgan fingerprint density at radius 2 is 2.06 bits per heavy atom. The van der Waals surface area contributed by atoms with Gasteiger partial charge in [-0.2, -0.15) is 0 Å². The number of aliphatic hydroxyl groups excluding tert-OH is 2. The van der Waals surface area contributed by atoms with E-state index in [0.717, 1.165) is 5.82 Å². The van der Waals surface area contributed by atoms with E-state index in [1.165, 1.54) is 32.1 Å². The fourth-order valence-corrected chi connectivity index (χ4v) is 6.49. The molecule has 2 aromatic heterocycles. The van der Waals surface area contributed by atoms with Crippen molar-refractivity contribution in [2.24, 2.45) is 23.2 Å². The van der Waals surface area contributed by atoms with Crippen molar-refractivity contribution in [3.63, 3.8) is 0 Å². The molecule has 0 aromatic carbocycles. The number of ether oxygens (including phenoxy) is 1. The molecule has 10 heteroatoms. The topological polar surface area (TPSA) is 122 Å². The van der Waals surface area contributed by atoms with E-state index in [0.29, 0.717) is 39.3 Å². The largest absolute Gasteiger partial charge is 0.465 e. The van der Waals surface area contributed by atoms with Crippen molar-refractivity contribution in [1.29, 1.82) is 0 Å². The molecule has 9 nitrogen and oxygen atoms in total. The van der Waals surface area contributed by atoms with Crippen LogP contribution in [0.15, 0.2) is 6.33 Å². The summed E-state index contributed by atoms with van der Waals surface area (Å²) in [7, 11) is 0. The predicted octanol–water partition coefficient (Wildman–Crippen LogP) is 2.27. The first kappa shape index (κ1) is 21.0. The molecule has 2 aromatic rings. The van der Waals surface area contributed by atoms with Crippen molar-refractivity contribution in [2.75, 3.05) is 11.9 Å². The van der Waals surface area contributed by atoms with Gasteiger partial charge in [0.25, 0.3) is 0 Å². The highest BCUT2D eigenvalue weighted by Gasteiger charge is 2.76. The number of carbonyl (C=O) groups excluding carboxylic acids is 1. The Labute approximate surface area is 199 Å². The molecule has 4 fully saturated rings. The number of carbonyl (C=O) groups is 1. The monoisotopic (exact) mass is 553 g/mol. The van der Waals surface area contributed by atoms with Crippen LogP contribution in [0.3, 0.4) is 0 Å². The summed E-state index contributed by atoms with van der Waals surface area (Å²) < 4.78 is 7.65. The molecule has 3 N–H and O–H groups in total. The van der Waals surface area contributed by atoms with E-state index in [1.807, 2.05) is 4.57 Å². The molecule has 0 bridgehead atoms. The van der Waals surface area contributed by atoms with E-state index in [4.69, 9.17) is 4.74 Å². The predicted molar refractivity (Wildman–Crippen MR) is 124 cm³/mol. The van der Waals surface area contributed by atoms with Gasteiger partial charge in [-0.25, -0.2) is 15.0 Å². The Morgan fingerprint density at radius 3 is 2.72 bits per heavy atom. The maximum Gasteiger partial charge on any atom is 0.315 e. The number of aromatic nitrogens is 4. The first-order valence-electron chi connectivity index (χ1n) is 11.7. The standard InChI is InChI=1S/C22H28IN5O4/c1-2-32-20(31)22-8-12(22)15(16(29)17(22)30)28-9-24-14-18(26-21(23)27-19(14)28)25-13(11-6-7-11)10-4-3-5-10/h9-13,15-17,29-30H,2-8H2,1H3,(H,25,26,27)/t12-,13-,15-,16+,17+,22+/m1/s1. The minimum atomic E-state index is -1.16. The molecule has 2 heterocycles. The fraction of sp³-hybridized carbons (Fsp3) is 0.727. The molecule has 0 spiro atoms. The van der Waals surface area contributed by atoms with E-state index >= 15 is 0 Å². The van der Waals surface area contributed by atoms with Gasteiger partial charge in [-0.1, -0.05) is 6.42 Å². The second-order valence-corrected chi connectivity index (χ2v) is 10.8. The number of hydrogen-bond donors (Lipinski definition) is 3. The van der Waals surface area contributed by atoms with Gasteiger partial charge in [0.1, 0.15) is 11.5 Å². The van der Waals surface area contributed by atoms with E-state index < -0.39 is 29.6 Å². The van der Waals surface area contributed by atoms with Crippen LogP contribution in [0.25, 0.3) is 11.2 Å². The Bertz CT molecular complexity index is 1070. The molecule has 6 atom stereocenters. The average molecular weight is 553 g/mol. The number of hydrogen-bond acceptors (Lipinski definition) is 8. The molecule has 0 unspecified atom stereocenters. The van der Waals surface area contributed by atoms with Crippen molar-refractivity contribution in [3.8, 4) is 0 Å². The van der Waals surface area contributed by atoms with E-state index in [1.54, 1.807) is 13.3 Å². The van der Waals surface area contributed by atoms with Crippen LogP contribution in [0.2, 0.25) is 0 Å². The lowest BCUT2D eigenvalue weighted by molar-refractivity contribution is -0.156. The van der Waals surface area contributed by atoms with Gasteiger partial charge in [-0.15, -0.1) is 0 Å². The number of esters is 1. The smallest absolute Gasteiger partial charge is 0.315 e. The van der Waals surface area contributed by atoms with Gasteiger partial charge < -0.3 is 24.8 Å². The molecular formula is C22H28IN5O4. The zero-order valence-corrected chi connectivity index (χ0v) is 20.1. The first-order valence-corrected chi connectivity index (χ1v) is 12.7. The van der Waals surface area contributed by atoms with Crippen molar-refractivity contribution < 1.29 is 19.7 Å². The van der Waals surface area contributed by atoms with Crippen LogP contribution in [0.5, 0.6) is 0 Å². The molecule has 0 saturated heterocycles. The molecule has 32 heavy (non-hydrogen) atoms. The Hall–Kier alpha value is -1.53. The summed E-state index contributed by atoms with van der Waals surface area (Å²) in [4.78, 5) is 26.5. The van der Waals surface area contributed by atoms with Crippen molar-refractivity contribution in [3.05, 3.63) is 10.2 Å². The highest BCUT2D eigenvalue weighted by atomic mass is 127. The zero-order chi connectivity index (χ0) is 22.2. The Morgan fingerprint density at radius 1 is 1.31 bits per heavy atom. The van der Waals surface area contributed by atoms with E-state index in [9.17, 15) is 15.0 Å². The van der Waals surface area contributed by atoms with Crippen molar-refractivity contribution >= 4 is 45.5 Å². The maximum atomic E-state index is 12.6. The molecule has 0 aliphatic heterocycles.